The molecule has 0 aliphatic carbocycles. The fraction of sp³-hybridized carbons (Fsp3) is 0.111. The van der Waals surface area contributed by atoms with Crippen LogP contribution in [0.5, 0.6) is 0 Å². The number of imidazole rings is 1. The molecule has 0 aliphatic rings. The molecule has 0 spiro atoms. The molecular weight excluding hydrogens is 931 g/mol. The smallest absolute Gasteiger partial charge is 0.121 e. The largest absolute Gasteiger partial charge is 0.501 e. The molecule has 1 radical (unpaired) electrons. The molecular formula is C54H41IrN3OS-2. The molecule has 0 N–H and O–H groups in total. The molecule has 4 nitrogen and oxygen atoms in total. The number of fused-ring (bicyclic) bond motifs is 7. The first-order valence-corrected chi connectivity index (χ1v) is 21.0. The van der Waals surface area contributed by atoms with Crippen LogP contribution in [0.1, 0.15) is 50.7 Å². The molecule has 295 valence electrons. The molecule has 11 rings (SSSR count). The van der Waals surface area contributed by atoms with Gasteiger partial charge < -0.3 is 14.0 Å². The van der Waals surface area contributed by atoms with Crippen LogP contribution in [0.15, 0.2) is 168 Å². The third-order valence-corrected chi connectivity index (χ3v) is 12.2. The maximum atomic E-state index is 6.80. The zero-order valence-corrected chi connectivity index (χ0v) is 36.9. The van der Waals surface area contributed by atoms with Crippen LogP contribution in [-0.2, 0) is 20.1 Å². The van der Waals surface area contributed by atoms with Crippen LogP contribution in [0, 0.1) is 12.1 Å². The van der Waals surface area contributed by atoms with Gasteiger partial charge in [0.05, 0.1) is 22.4 Å². The number of benzene rings is 7. The molecule has 0 fully saturated rings. The number of rotatable bonds is 6. The van der Waals surface area contributed by atoms with Gasteiger partial charge in [-0.1, -0.05) is 111 Å². The summed E-state index contributed by atoms with van der Waals surface area (Å²) >= 11 is 1.83. The quantitative estimate of drug-likeness (QED) is 0.156. The molecule has 0 bridgehead atoms. The number of nitrogens with zero attached hydrogens (tertiary/aromatic N) is 3. The van der Waals surface area contributed by atoms with E-state index >= 15 is 0 Å². The topological polar surface area (TPSA) is 43.9 Å². The minimum absolute atomic E-state index is 0. The minimum Gasteiger partial charge on any atom is -0.501 e. The number of para-hydroxylation sites is 2. The Kier molecular flexibility index (Phi) is 10.8. The fourth-order valence-electron chi connectivity index (χ4n) is 8.24. The molecule has 0 amide bonds. The second-order valence-electron chi connectivity index (χ2n) is 15.6. The van der Waals surface area contributed by atoms with E-state index in [-0.39, 0.29) is 31.9 Å². The summed E-state index contributed by atoms with van der Waals surface area (Å²) in [6.07, 6.45) is 1.79. The third kappa shape index (κ3) is 7.05. The van der Waals surface area contributed by atoms with Gasteiger partial charge in [0.15, 0.2) is 0 Å². The van der Waals surface area contributed by atoms with Crippen molar-refractivity contribution in [3.05, 3.63) is 187 Å². The number of hydrogen-bond acceptors (Lipinski definition) is 4. The summed E-state index contributed by atoms with van der Waals surface area (Å²) in [7, 11) is 0. The van der Waals surface area contributed by atoms with Crippen molar-refractivity contribution in [3.8, 4) is 39.5 Å². The first-order chi connectivity index (χ1) is 28.9. The minimum atomic E-state index is 0. The van der Waals surface area contributed by atoms with Gasteiger partial charge in [-0.3, -0.25) is 4.98 Å². The van der Waals surface area contributed by atoms with E-state index < -0.39 is 0 Å². The van der Waals surface area contributed by atoms with E-state index in [2.05, 4.69) is 159 Å². The van der Waals surface area contributed by atoms with E-state index in [0.29, 0.717) is 0 Å². The number of furan rings is 1. The van der Waals surface area contributed by atoms with Gasteiger partial charge in [-0.05, 0) is 88.3 Å². The van der Waals surface area contributed by atoms with Gasteiger partial charge in [-0.15, -0.1) is 65.4 Å². The average Bonchev–Trinajstić information content (AvgIpc) is 3.97. The fourth-order valence-corrected chi connectivity index (χ4v) is 9.36. The van der Waals surface area contributed by atoms with E-state index in [4.69, 9.17) is 9.40 Å². The second kappa shape index (κ2) is 16.5. The SMILES string of the molecule is CC(C)c1cc(-c2ccccc2)cc(C(C)C)c1-n1c(-c2[c-]ccc3c2oc2cc4c(cc23)sc2ccccc24)nc2ccccc21.[Ir].[c-]1ccccc1-c1ccccn1. The van der Waals surface area contributed by atoms with E-state index in [1.807, 2.05) is 59.9 Å². The van der Waals surface area contributed by atoms with Gasteiger partial charge in [0.1, 0.15) is 5.58 Å². The predicted molar refractivity (Wildman–Crippen MR) is 248 cm³/mol. The summed E-state index contributed by atoms with van der Waals surface area (Å²) in [6, 6.07) is 61.6. The van der Waals surface area contributed by atoms with Gasteiger partial charge in [0, 0.05) is 57.5 Å². The molecule has 4 heterocycles. The number of thiophene rings is 1. The van der Waals surface area contributed by atoms with Gasteiger partial charge >= 0.3 is 0 Å². The maximum absolute atomic E-state index is 6.80. The van der Waals surface area contributed by atoms with Crippen LogP contribution < -0.4 is 0 Å². The van der Waals surface area contributed by atoms with Crippen molar-refractivity contribution in [2.75, 3.05) is 0 Å². The van der Waals surface area contributed by atoms with Crippen molar-refractivity contribution >= 4 is 64.5 Å². The van der Waals surface area contributed by atoms with Crippen LogP contribution in [-0.4, -0.2) is 14.5 Å². The molecule has 11 aromatic rings. The molecule has 0 unspecified atom stereocenters. The standard InChI is InChI=1S/C43H33N2OS.C11H8N.Ir/c1-25(2)32-21-28(27-13-6-5-7-14-27)22-33(26(3)4)41(32)45-37-19-10-9-18-36(37)44-43(45)31-17-12-16-30-34-24-40-35(23-38(34)46-42(30)31)29-15-8-11-20-39(29)47-40;1-2-6-10(7-3-1)11-8-4-5-9-12-11;/h5-16,18-26H,1-4H3;1-6,8-9H;/q2*-1;. The van der Waals surface area contributed by atoms with Gasteiger partial charge in [-0.2, -0.15) is 0 Å². The van der Waals surface area contributed by atoms with E-state index in [1.165, 1.54) is 48.1 Å². The van der Waals surface area contributed by atoms with Crippen LogP contribution >= 0.6 is 11.3 Å². The molecule has 0 atom stereocenters. The van der Waals surface area contributed by atoms with E-state index in [1.54, 1.807) is 6.20 Å². The normalized spacial score (nSPS) is 11.5. The van der Waals surface area contributed by atoms with Crippen LogP contribution in [0.3, 0.4) is 0 Å². The Balaban J connectivity index is 0.000000306. The van der Waals surface area contributed by atoms with Crippen molar-refractivity contribution in [2.24, 2.45) is 0 Å². The summed E-state index contributed by atoms with van der Waals surface area (Å²) in [5, 5.41) is 4.70. The third-order valence-electron chi connectivity index (χ3n) is 11.1. The molecule has 7 aromatic carbocycles. The first kappa shape index (κ1) is 39.3. The van der Waals surface area contributed by atoms with Crippen molar-refractivity contribution in [2.45, 2.75) is 39.5 Å². The van der Waals surface area contributed by atoms with Gasteiger partial charge in [-0.25, -0.2) is 0 Å². The van der Waals surface area contributed by atoms with Crippen LogP contribution in [0.2, 0.25) is 0 Å². The Morgan fingerprint density at radius 3 is 2.08 bits per heavy atom. The first-order valence-electron chi connectivity index (χ1n) is 20.2. The van der Waals surface area contributed by atoms with Crippen molar-refractivity contribution in [1.82, 2.24) is 14.5 Å². The number of aromatic nitrogens is 3. The molecule has 0 saturated heterocycles. The van der Waals surface area contributed by atoms with E-state index in [0.717, 1.165) is 55.6 Å². The zero-order chi connectivity index (χ0) is 40.0. The van der Waals surface area contributed by atoms with Gasteiger partial charge in [0.25, 0.3) is 0 Å². The Morgan fingerprint density at radius 2 is 1.33 bits per heavy atom. The molecule has 4 aromatic heterocycles. The monoisotopic (exact) mass is 972 g/mol. The van der Waals surface area contributed by atoms with Crippen molar-refractivity contribution in [1.29, 1.82) is 0 Å². The number of pyridine rings is 1. The summed E-state index contributed by atoms with van der Waals surface area (Å²) in [6.45, 7) is 9.16. The second-order valence-corrected chi connectivity index (χ2v) is 16.7. The Hall–Kier alpha value is -6.17. The summed E-state index contributed by atoms with van der Waals surface area (Å²) in [5.74, 6) is 1.42. The van der Waals surface area contributed by atoms with Crippen LogP contribution in [0.4, 0.5) is 0 Å². The van der Waals surface area contributed by atoms with Crippen molar-refractivity contribution in [3.63, 3.8) is 0 Å². The molecule has 0 saturated carbocycles. The summed E-state index contributed by atoms with van der Waals surface area (Å²) < 4.78 is 11.7. The average molecular weight is 972 g/mol. The number of hydrogen-bond donors (Lipinski definition) is 0. The van der Waals surface area contributed by atoms with Crippen molar-refractivity contribution < 1.29 is 24.5 Å². The predicted octanol–water partition coefficient (Wildman–Crippen LogP) is 15.2. The Morgan fingerprint density at radius 1 is 0.600 bits per heavy atom. The summed E-state index contributed by atoms with van der Waals surface area (Å²) in [5.41, 5.74) is 12.9. The summed E-state index contributed by atoms with van der Waals surface area (Å²) in [4.78, 5) is 9.54. The Bertz CT molecular complexity index is 3210. The molecule has 0 aliphatic heterocycles. The molecule has 60 heavy (non-hydrogen) atoms. The Labute approximate surface area is 367 Å². The molecule has 6 heteroatoms. The van der Waals surface area contributed by atoms with Gasteiger partial charge in [0.2, 0.25) is 0 Å². The zero-order valence-electron chi connectivity index (χ0n) is 33.7. The van der Waals surface area contributed by atoms with Crippen LogP contribution in [0.25, 0.3) is 92.6 Å². The maximum Gasteiger partial charge on any atom is 0.121 e. The van der Waals surface area contributed by atoms with E-state index in [9.17, 15) is 0 Å².